The first-order valence-electron chi connectivity index (χ1n) is 16.4. The van der Waals surface area contributed by atoms with Crippen LogP contribution in [0.25, 0.3) is 11.3 Å². The van der Waals surface area contributed by atoms with Gasteiger partial charge in [-0.15, -0.1) is 0 Å². The van der Waals surface area contributed by atoms with Crippen LogP contribution in [0.3, 0.4) is 0 Å². The number of nitrogens with one attached hydrogen (secondary N) is 3. The van der Waals surface area contributed by atoms with E-state index in [0.29, 0.717) is 28.2 Å². The summed E-state index contributed by atoms with van der Waals surface area (Å²) in [6.07, 6.45) is 0. The summed E-state index contributed by atoms with van der Waals surface area (Å²) in [6, 6.07) is 52.2. The molecule has 0 unspecified atom stereocenters. The summed E-state index contributed by atoms with van der Waals surface area (Å²) in [5.74, 6) is -0.314. The second-order valence-electron chi connectivity index (χ2n) is 12.2. The normalized spacial score (nSPS) is 13.4. The van der Waals surface area contributed by atoms with Crippen LogP contribution in [0.4, 0.5) is 17.1 Å². The summed E-state index contributed by atoms with van der Waals surface area (Å²) in [6.45, 7) is 2.38. The molecular weight excluding hydrogens is 641 g/mol. The molecule has 1 amide bonds. The molecule has 7 nitrogen and oxygen atoms in total. The van der Waals surface area contributed by atoms with Crippen LogP contribution in [0.1, 0.15) is 27.8 Å². The Morgan fingerprint density at radius 2 is 1.10 bits per heavy atom. The van der Waals surface area contributed by atoms with Gasteiger partial charge in [0, 0.05) is 42.3 Å². The molecule has 0 fully saturated rings. The molecule has 6 aromatic carbocycles. The Morgan fingerprint density at radius 3 is 1.68 bits per heavy atom. The third kappa shape index (κ3) is 7.68. The zero-order chi connectivity index (χ0) is 34.3. The van der Waals surface area contributed by atoms with Crippen molar-refractivity contribution in [2.24, 2.45) is 0 Å². The highest BCUT2D eigenvalue weighted by Crippen LogP contribution is 2.39. The van der Waals surface area contributed by atoms with Gasteiger partial charge in [-0.1, -0.05) is 121 Å². The maximum atomic E-state index is 13.6. The van der Waals surface area contributed by atoms with Gasteiger partial charge >= 0.3 is 0 Å². The van der Waals surface area contributed by atoms with Crippen molar-refractivity contribution in [3.05, 3.63) is 192 Å². The maximum absolute atomic E-state index is 13.6. The van der Waals surface area contributed by atoms with E-state index >= 15 is 0 Å². The van der Waals surface area contributed by atoms with E-state index in [9.17, 15) is 13.2 Å². The number of benzene rings is 6. The molecular formula is C42H36N4O3S. The lowest BCUT2D eigenvalue weighted by molar-refractivity contribution is -0.110. The van der Waals surface area contributed by atoms with Crippen molar-refractivity contribution in [1.82, 2.24) is 4.90 Å². The molecule has 0 radical (unpaired) electrons. The second-order valence-corrected chi connectivity index (χ2v) is 13.9. The first kappa shape index (κ1) is 32.6. The summed E-state index contributed by atoms with van der Waals surface area (Å²) in [7, 11) is -3.92. The van der Waals surface area contributed by atoms with E-state index in [1.807, 2.05) is 60.7 Å². The van der Waals surface area contributed by atoms with Crippen molar-refractivity contribution in [3.8, 4) is 0 Å². The van der Waals surface area contributed by atoms with E-state index in [1.165, 1.54) is 17.2 Å². The van der Waals surface area contributed by atoms with Crippen molar-refractivity contribution in [1.29, 1.82) is 0 Å². The number of amides is 1. The molecule has 1 aliphatic rings. The van der Waals surface area contributed by atoms with E-state index < -0.39 is 10.0 Å². The third-order valence-electron chi connectivity index (χ3n) is 8.51. The quantitative estimate of drug-likeness (QED) is 0.113. The molecule has 6 aromatic rings. The first-order valence-corrected chi connectivity index (χ1v) is 17.9. The number of rotatable bonds is 12. The van der Waals surface area contributed by atoms with Crippen molar-refractivity contribution in [3.63, 3.8) is 0 Å². The average Bonchev–Trinajstić information content (AvgIpc) is 3.47. The Hall–Kier alpha value is -5.96. The summed E-state index contributed by atoms with van der Waals surface area (Å²) in [5.41, 5.74) is 7.70. The van der Waals surface area contributed by atoms with Gasteiger partial charge in [0.05, 0.1) is 16.2 Å². The van der Waals surface area contributed by atoms with Crippen molar-refractivity contribution < 1.29 is 13.2 Å². The van der Waals surface area contributed by atoms with E-state index in [1.54, 1.807) is 36.4 Å². The fourth-order valence-electron chi connectivity index (χ4n) is 6.11. The molecule has 248 valence electrons. The van der Waals surface area contributed by atoms with Gasteiger partial charge in [-0.2, -0.15) is 0 Å². The average molecular weight is 677 g/mol. The fraction of sp³-hybridized carbons (Fsp3) is 0.0714. The topological polar surface area (TPSA) is 90.5 Å². The van der Waals surface area contributed by atoms with Crippen molar-refractivity contribution in [2.45, 2.75) is 24.5 Å². The van der Waals surface area contributed by atoms with E-state index in [-0.39, 0.29) is 10.8 Å². The van der Waals surface area contributed by atoms with E-state index in [4.69, 9.17) is 0 Å². The minimum absolute atomic E-state index is 0.0569. The maximum Gasteiger partial charge on any atom is 0.261 e. The molecule has 1 heterocycles. The Bertz CT molecular complexity index is 2180. The van der Waals surface area contributed by atoms with Crippen molar-refractivity contribution >= 4 is 44.3 Å². The molecule has 0 saturated carbocycles. The van der Waals surface area contributed by atoms with Gasteiger partial charge in [0.25, 0.3) is 15.9 Å². The van der Waals surface area contributed by atoms with Crippen LogP contribution in [0.15, 0.2) is 169 Å². The fourth-order valence-corrected chi connectivity index (χ4v) is 7.20. The van der Waals surface area contributed by atoms with Crippen LogP contribution in [-0.2, 0) is 34.5 Å². The first-order chi connectivity index (χ1) is 24.4. The highest BCUT2D eigenvalue weighted by molar-refractivity contribution is 7.92. The highest BCUT2D eigenvalue weighted by Gasteiger charge is 2.30. The van der Waals surface area contributed by atoms with Crippen LogP contribution in [0, 0.1) is 0 Å². The van der Waals surface area contributed by atoms with Crippen LogP contribution in [0.5, 0.6) is 0 Å². The molecule has 50 heavy (non-hydrogen) atoms. The van der Waals surface area contributed by atoms with Crippen LogP contribution < -0.4 is 15.4 Å². The molecule has 8 heteroatoms. The predicted octanol–water partition coefficient (Wildman–Crippen LogP) is 8.62. The highest BCUT2D eigenvalue weighted by atomic mass is 32.2. The standard InChI is InChI=1S/C42H36N4O3S/c47-42-40(38-27-37(25-26-39(38)44-42)50(48,49)45-36-19-11-4-12-20-36)41(34-17-9-3-10-18-34)43-35-23-21-33(22-24-35)30-46(28-31-13-5-1-6-14-31)29-32-15-7-2-8-16-32/h1-27,43,45H,28-30H2,(H,44,47)/b41-40-. The van der Waals surface area contributed by atoms with Crippen molar-refractivity contribution in [2.75, 3.05) is 15.4 Å². The SMILES string of the molecule is O=C1Nc2ccc(S(=O)(=O)Nc3ccccc3)cc2/C1=C(/Nc1ccc(CN(Cc2ccccc2)Cc2ccccc2)cc1)c1ccccc1. The minimum atomic E-state index is -3.92. The number of para-hydroxylation sites is 1. The van der Waals surface area contributed by atoms with Gasteiger partial charge in [0.2, 0.25) is 0 Å². The molecule has 0 aromatic heterocycles. The lowest BCUT2D eigenvalue weighted by Gasteiger charge is -2.23. The van der Waals surface area contributed by atoms with Gasteiger partial charge in [-0.25, -0.2) is 8.42 Å². The van der Waals surface area contributed by atoms with Crippen LogP contribution >= 0.6 is 0 Å². The van der Waals surface area contributed by atoms with Crippen LogP contribution in [0.2, 0.25) is 0 Å². The molecule has 7 rings (SSSR count). The van der Waals surface area contributed by atoms with Crippen LogP contribution in [-0.4, -0.2) is 19.2 Å². The Kier molecular flexibility index (Phi) is 9.55. The molecule has 0 atom stereocenters. The monoisotopic (exact) mass is 676 g/mol. The number of nitrogens with zero attached hydrogens (tertiary/aromatic N) is 1. The van der Waals surface area contributed by atoms with Gasteiger partial charge in [-0.05, 0) is 64.7 Å². The Balaban J connectivity index is 1.18. The number of hydrogen-bond acceptors (Lipinski definition) is 5. The summed E-state index contributed by atoms with van der Waals surface area (Å²) in [5, 5.41) is 6.43. The number of hydrogen-bond donors (Lipinski definition) is 3. The van der Waals surface area contributed by atoms with E-state index in [0.717, 1.165) is 36.4 Å². The number of anilines is 3. The molecule has 3 N–H and O–H groups in total. The summed E-state index contributed by atoms with van der Waals surface area (Å²) < 4.78 is 29.4. The lowest BCUT2D eigenvalue weighted by Crippen LogP contribution is -2.22. The summed E-state index contributed by atoms with van der Waals surface area (Å²) >= 11 is 0. The zero-order valence-corrected chi connectivity index (χ0v) is 28.1. The zero-order valence-electron chi connectivity index (χ0n) is 27.3. The van der Waals surface area contributed by atoms with Gasteiger partial charge in [-0.3, -0.25) is 14.4 Å². The Labute approximate surface area is 293 Å². The Morgan fingerprint density at radius 1 is 0.580 bits per heavy atom. The van der Waals surface area contributed by atoms with E-state index in [2.05, 4.69) is 80.9 Å². The number of fused-ring (bicyclic) bond motifs is 1. The lowest BCUT2D eigenvalue weighted by atomic mass is 10.00. The molecule has 1 aliphatic heterocycles. The largest absolute Gasteiger partial charge is 0.354 e. The molecule has 0 spiro atoms. The van der Waals surface area contributed by atoms with Gasteiger partial charge in [0.1, 0.15) is 0 Å². The van der Waals surface area contributed by atoms with Gasteiger partial charge < -0.3 is 10.6 Å². The van der Waals surface area contributed by atoms with Gasteiger partial charge in [0.15, 0.2) is 0 Å². The third-order valence-corrected chi connectivity index (χ3v) is 9.89. The minimum Gasteiger partial charge on any atom is -0.354 e. The molecule has 0 aliphatic carbocycles. The second kappa shape index (κ2) is 14.7. The molecule has 0 bridgehead atoms. The summed E-state index contributed by atoms with van der Waals surface area (Å²) in [4.78, 5) is 16.1. The number of sulfonamides is 1. The number of carbonyl (C=O) groups excluding carboxylic acids is 1. The smallest absolute Gasteiger partial charge is 0.261 e. The number of carbonyl (C=O) groups is 1. The predicted molar refractivity (Wildman–Crippen MR) is 201 cm³/mol. The molecule has 0 saturated heterocycles.